The number of hydrogen-bond donors (Lipinski definition) is 0. The minimum Gasteiger partial charge on any atom is -0.466 e. The number of nitro benzene ring substituents is 1. The number of benzene rings is 1. The second kappa shape index (κ2) is 7.51. The Balaban J connectivity index is 1.98. The fourth-order valence-corrected chi connectivity index (χ4v) is 2.38. The number of non-ortho nitro benzene ring substituents is 1. The van der Waals surface area contributed by atoms with Crippen LogP contribution in [-0.2, 0) is 16.0 Å². The SMILES string of the molecule is CCOC(=O)Cc1nc2ccccn2c1N=Nc1cccc([N+](=O)[O-])c1. The second-order valence-electron chi connectivity index (χ2n) is 5.27. The van der Waals surface area contributed by atoms with Gasteiger partial charge in [0.05, 0.1) is 29.3 Å². The molecule has 0 atom stereocenters. The third-order valence-electron chi connectivity index (χ3n) is 3.49. The molecule has 3 rings (SSSR count). The van der Waals surface area contributed by atoms with E-state index in [0.717, 1.165) is 0 Å². The maximum Gasteiger partial charge on any atom is 0.312 e. The Morgan fingerprint density at radius 3 is 2.88 bits per heavy atom. The van der Waals surface area contributed by atoms with Crippen LogP contribution in [0.3, 0.4) is 0 Å². The van der Waals surface area contributed by atoms with E-state index in [9.17, 15) is 14.9 Å². The zero-order valence-electron chi connectivity index (χ0n) is 13.9. The predicted molar refractivity (Wildman–Crippen MR) is 92.8 cm³/mol. The van der Waals surface area contributed by atoms with Crippen LogP contribution in [-0.4, -0.2) is 26.9 Å². The summed E-state index contributed by atoms with van der Waals surface area (Å²) in [6, 6.07) is 11.2. The summed E-state index contributed by atoms with van der Waals surface area (Å²) in [6.07, 6.45) is 1.71. The van der Waals surface area contributed by atoms with Crippen LogP contribution in [0, 0.1) is 10.1 Å². The number of imidazole rings is 1. The highest BCUT2D eigenvalue weighted by atomic mass is 16.6. The topological polar surface area (TPSA) is 111 Å². The lowest BCUT2D eigenvalue weighted by Gasteiger charge is -2.00. The summed E-state index contributed by atoms with van der Waals surface area (Å²) in [5, 5.41) is 19.1. The number of fused-ring (bicyclic) bond motifs is 1. The second-order valence-corrected chi connectivity index (χ2v) is 5.27. The summed E-state index contributed by atoms with van der Waals surface area (Å²) < 4.78 is 6.66. The molecular formula is C17H15N5O4. The maximum absolute atomic E-state index is 11.8. The fourth-order valence-electron chi connectivity index (χ4n) is 2.38. The summed E-state index contributed by atoms with van der Waals surface area (Å²) in [6.45, 7) is 2.00. The zero-order chi connectivity index (χ0) is 18.5. The van der Waals surface area contributed by atoms with Crippen LogP contribution in [0.4, 0.5) is 17.2 Å². The molecule has 0 saturated heterocycles. The monoisotopic (exact) mass is 353 g/mol. The van der Waals surface area contributed by atoms with E-state index in [1.54, 1.807) is 35.7 Å². The maximum atomic E-state index is 11.8. The van der Waals surface area contributed by atoms with Gasteiger partial charge in [-0.2, -0.15) is 0 Å². The van der Waals surface area contributed by atoms with E-state index in [2.05, 4.69) is 15.2 Å². The summed E-state index contributed by atoms with van der Waals surface area (Å²) in [4.78, 5) is 26.6. The molecule has 0 spiro atoms. The normalized spacial score (nSPS) is 11.1. The molecule has 0 radical (unpaired) electrons. The van der Waals surface area contributed by atoms with E-state index in [4.69, 9.17) is 4.74 Å². The Hall–Kier alpha value is -3.62. The number of esters is 1. The lowest BCUT2D eigenvalue weighted by molar-refractivity contribution is -0.384. The minimum atomic E-state index is -0.501. The number of carbonyl (C=O) groups is 1. The number of hydrogen-bond acceptors (Lipinski definition) is 7. The molecule has 132 valence electrons. The van der Waals surface area contributed by atoms with Gasteiger partial charge >= 0.3 is 5.97 Å². The minimum absolute atomic E-state index is 0.0428. The Morgan fingerprint density at radius 1 is 1.27 bits per heavy atom. The van der Waals surface area contributed by atoms with Gasteiger partial charge in [0.15, 0.2) is 5.82 Å². The van der Waals surface area contributed by atoms with E-state index in [1.807, 2.05) is 6.07 Å². The molecule has 26 heavy (non-hydrogen) atoms. The van der Waals surface area contributed by atoms with Crippen molar-refractivity contribution in [3.8, 4) is 0 Å². The van der Waals surface area contributed by atoms with Gasteiger partial charge in [0.1, 0.15) is 5.65 Å². The molecule has 0 aliphatic heterocycles. The van der Waals surface area contributed by atoms with Crippen molar-refractivity contribution in [1.82, 2.24) is 9.38 Å². The van der Waals surface area contributed by atoms with E-state index >= 15 is 0 Å². The van der Waals surface area contributed by atoms with Crippen LogP contribution < -0.4 is 0 Å². The van der Waals surface area contributed by atoms with Gasteiger partial charge < -0.3 is 4.74 Å². The van der Waals surface area contributed by atoms with Gasteiger partial charge in [0.2, 0.25) is 0 Å². The average molecular weight is 353 g/mol. The third-order valence-corrected chi connectivity index (χ3v) is 3.49. The smallest absolute Gasteiger partial charge is 0.312 e. The molecule has 0 saturated carbocycles. The number of nitrogens with zero attached hydrogens (tertiary/aromatic N) is 5. The Morgan fingerprint density at radius 2 is 2.12 bits per heavy atom. The average Bonchev–Trinajstić information content (AvgIpc) is 2.97. The quantitative estimate of drug-likeness (QED) is 0.290. The first-order valence-electron chi connectivity index (χ1n) is 7.86. The Bertz CT molecular complexity index is 996. The fraction of sp³-hybridized carbons (Fsp3) is 0.176. The molecule has 9 nitrogen and oxygen atoms in total. The molecule has 9 heteroatoms. The highest BCUT2D eigenvalue weighted by Gasteiger charge is 2.16. The highest BCUT2D eigenvalue weighted by molar-refractivity contribution is 5.74. The highest BCUT2D eigenvalue weighted by Crippen LogP contribution is 2.26. The molecule has 3 aromatic rings. The van der Waals surface area contributed by atoms with Crippen LogP contribution >= 0.6 is 0 Å². The summed E-state index contributed by atoms with van der Waals surface area (Å²) in [5.41, 5.74) is 1.28. The first-order valence-corrected chi connectivity index (χ1v) is 7.86. The Kier molecular flexibility index (Phi) is 4.97. The number of aromatic nitrogens is 2. The molecule has 0 bridgehead atoms. The van der Waals surface area contributed by atoms with E-state index in [-0.39, 0.29) is 18.7 Å². The van der Waals surface area contributed by atoms with Crippen LogP contribution in [0.2, 0.25) is 0 Å². The van der Waals surface area contributed by atoms with Crippen LogP contribution in [0.5, 0.6) is 0 Å². The zero-order valence-corrected chi connectivity index (χ0v) is 13.9. The predicted octanol–water partition coefficient (Wildman–Crippen LogP) is 3.76. The van der Waals surface area contributed by atoms with Crippen LogP contribution in [0.15, 0.2) is 58.9 Å². The first-order chi connectivity index (χ1) is 12.6. The van der Waals surface area contributed by atoms with Gasteiger partial charge in [-0.05, 0) is 25.1 Å². The number of pyridine rings is 1. The van der Waals surface area contributed by atoms with Gasteiger partial charge in [-0.1, -0.05) is 12.1 Å². The molecule has 2 heterocycles. The molecule has 0 amide bonds. The number of carbonyl (C=O) groups excluding carboxylic acids is 1. The van der Waals surface area contributed by atoms with Crippen LogP contribution in [0.1, 0.15) is 12.6 Å². The summed E-state index contributed by atoms with van der Waals surface area (Å²) in [7, 11) is 0. The van der Waals surface area contributed by atoms with Gasteiger partial charge in [-0.25, -0.2) is 4.98 Å². The number of rotatable bonds is 6. The van der Waals surface area contributed by atoms with Crippen molar-refractivity contribution >= 4 is 28.8 Å². The number of ether oxygens (including phenoxy) is 1. The van der Waals surface area contributed by atoms with Crippen molar-refractivity contribution in [3.63, 3.8) is 0 Å². The Labute approximate surface area is 148 Å². The molecule has 0 unspecified atom stereocenters. The third kappa shape index (κ3) is 3.72. The molecular weight excluding hydrogens is 338 g/mol. The molecule has 0 fully saturated rings. The number of azo groups is 1. The van der Waals surface area contributed by atoms with Gasteiger partial charge in [0.25, 0.3) is 5.69 Å². The van der Waals surface area contributed by atoms with Gasteiger partial charge in [-0.15, -0.1) is 10.2 Å². The molecule has 0 aliphatic carbocycles. The largest absolute Gasteiger partial charge is 0.466 e. The number of nitro groups is 1. The van der Waals surface area contributed by atoms with Crippen molar-refractivity contribution < 1.29 is 14.5 Å². The van der Waals surface area contributed by atoms with Crippen molar-refractivity contribution in [3.05, 3.63) is 64.5 Å². The van der Waals surface area contributed by atoms with E-state index in [1.165, 1.54) is 18.2 Å². The molecule has 0 N–H and O–H groups in total. The summed E-state index contributed by atoms with van der Waals surface area (Å²) in [5.74, 6) is -0.0390. The van der Waals surface area contributed by atoms with E-state index < -0.39 is 10.9 Å². The van der Waals surface area contributed by atoms with Crippen LogP contribution in [0.25, 0.3) is 5.65 Å². The molecule has 0 aliphatic rings. The van der Waals surface area contributed by atoms with Crippen molar-refractivity contribution in [2.24, 2.45) is 10.2 Å². The van der Waals surface area contributed by atoms with Crippen molar-refractivity contribution in [2.75, 3.05) is 6.61 Å². The van der Waals surface area contributed by atoms with Gasteiger partial charge in [-0.3, -0.25) is 19.3 Å². The van der Waals surface area contributed by atoms with Crippen molar-refractivity contribution in [1.29, 1.82) is 0 Å². The standard InChI is InChI=1S/C17H15N5O4/c1-2-26-16(23)11-14-17(21-9-4-3-8-15(21)18-14)20-19-12-6-5-7-13(10-12)22(24)25/h3-10H,2,11H2,1H3. The summed E-state index contributed by atoms with van der Waals surface area (Å²) >= 11 is 0. The first kappa shape index (κ1) is 17.2. The van der Waals surface area contributed by atoms with E-state index in [0.29, 0.717) is 22.8 Å². The lowest BCUT2D eigenvalue weighted by Crippen LogP contribution is -2.07. The van der Waals surface area contributed by atoms with Gasteiger partial charge in [0, 0.05) is 18.3 Å². The molecule has 2 aromatic heterocycles. The lowest BCUT2D eigenvalue weighted by atomic mass is 10.3. The molecule has 1 aromatic carbocycles. The van der Waals surface area contributed by atoms with Crippen molar-refractivity contribution in [2.45, 2.75) is 13.3 Å².